The molecule has 2 N–H and O–H groups in total. The lowest BCUT2D eigenvalue weighted by molar-refractivity contribution is -0.0392. The van der Waals surface area contributed by atoms with Gasteiger partial charge < -0.3 is 9.16 Å². The Labute approximate surface area is 159 Å². The van der Waals surface area contributed by atoms with Gasteiger partial charge in [-0.1, -0.05) is 20.8 Å². The van der Waals surface area contributed by atoms with Gasteiger partial charge in [0.25, 0.3) is 5.56 Å². The highest BCUT2D eigenvalue weighted by molar-refractivity contribution is 7.32. The first-order valence-corrected chi connectivity index (χ1v) is 12.8. The lowest BCUT2D eigenvalue weighted by Gasteiger charge is -2.39. The Morgan fingerprint density at radius 3 is 2.59 bits per heavy atom. The van der Waals surface area contributed by atoms with Crippen molar-refractivity contribution >= 4 is 16.6 Å². The van der Waals surface area contributed by atoms with E-state index in [4.69, 9.17) is 18.6 Å². The summed E-state index contributed by atoms with van der Waals surface area (Å²) in [6.45, 7) is 12.0. The fraction of sp³-hybridized carbons (Fsp3) is 0.750. The Morgan fingerprint density at radius 2 is 2.04 bits per heavy atom. The monoisotopic (exact) mass is 419 g/mol. The van der Waals surface area contributed by atoms with Gasteiger partial charge in [-0.3, -0.25) is 14.3 Å². The molecule has 0 amide bonds. The third kappa shape index (κ3) is 5.22. The van der Waals surface area contributed by atoms with Gasteiger partial charge >= 0.3 is 13.9 Å². The maximum atomic E-state index is 12.2. The van der Waals surface area contributed by atoms with Crippen LogP contribution in [0.25, 0.3) is 0 Å². The van der Waals surface area contributed by atoms with E-state index in [2.05, 4.69) is 38.8 Å². The van der Waals surface area contributed by atoms with E-state index in [1.165, 1.54) is 10.8 Å². The summed E-state index contributed by atoms with van der Waals surface area (Å²) >= 11 is 0. The van der Waals surface area contributed by atoms with Crippen molar-refractivity contribution in [2.24, 2.45) is 0 Å². The van der Waals surface area contributed by atoms with E-state index in [9.17, 15) is 14.2 Å². The highest BCUT2D eigenvalue weighted by Crippen LogP contribution is 2.41. The molecule has 152 valence electrons. The van der Waals surface area contributed by atoms with Crippen LogP contribution in [0.1, 0.15) is 39.0 Å². The van der Waals surface area contributed by atoms with Crippen LogP contribution in [0, 0.1) is 6.92 Å². The standard InChI is InChI=1S/C16H27N2O7PSi/c1-10-8-18(15(20)17-14(10)19)13-7-11(12(24-13)9-23-26(21)22)25-27(5,6)16(2,3)4/h8,11-13H,7,9H2,1-6H3,(H-,17,19,20,21,22)/p+1/t11-,12+,13+/m0/s1. The molecule has 2 heterocycles. The van der Waals surface area contributed by atoms with Gasteiger partial charge in [0.2, 0.25) is 0 Å². The zero-order chi connectivity index (χ0) is 20.6. The molecule has 1 aromatic heterocycles. The largest absolute Gasteiger partial charge is 0.694 e. The van der Waals surface area contributed by atoms with Gasteiger partial charge in [0, 0.05) is 22.7 Å². The lowest BCUT2D eigenvalue weighted by atomic mass is 10.2. The van der Waals surface area contributed by atoms with Crippen LogP contribution in [-0.2, 0) is 18.3 Å². The first-order chi connectivity index (χ1) is 12.3. The minimum absolute atomic E-state index is 0.0377. The van der Waals surface area contributed by atoms with Gasteiger partial charge in [0.05, 0.1) is 6.10 Å². The molecular weight excluding hydrogens is 391 g/mol. The molecule has 0 bridgehead atoms. The molecule has 1 unspecified atom stereocenters. The third-order valence-electron chi connectivity index (χ3n) is 5.24. The summed E-state index contributed by atoms with van der Waals surface area (Å²) in [5.41, 5.74) is -0.629. The van der Waals surface area contributed by atoms with Crippen LogP contribution >= 0.6 is 8.25 Å². The maximum absolute atomic E-state index is 12.2. The molecule has 1 aliphatic rings. The summed E-state index contributed by atoms with van der Waals surface area (Å²) in [6, 6.07) is 0. The van der Waals surface area contributed by atoms with E-state index in [0.29, 0.717) is 12.0 Å². The zero-order valence-electron chi connectivity index (χ0n) is 16.5. The predicted octanol–water partition coefficient (Wildman–Crippen LogP) is 2.19. The number of ether oxygens (including phenoxy) is 1. The predicted molar refractivity (Wildman–Crippen MR) is 102 cm³/mol. The molecule has 0 saturated carbocycles. The second kappa shape index (κ2) is 8.06. The average molecular weight is 419 g/mol. The zero-order valence-corrected chi connectivity index (χ0v) is 18.4. The first kappa shape index (κ1) is 22.1. The Morgan fingerprint density at radius 1 is 1.41 bits per heavy atom. The highest BCUT2D eigenvalue weighted by atomic mass is 31.1. The molecule has 1 fully saturated rings. The smallest absolute Gasteiger partial charge is 0.411 e. The van der Waals surface area contributed by atoms with E-state index in [0.717, 1.165) is 0 Å². The van der Waals surface area contributed by atoms with Crippen molar-refractivity contribution in [2.45, 2.75) is 70.7 Å². The molecule has 11 heteroatoms. The van der Waals surface area contributed by atoms with Gasteiger partial charge in [0.15, 0.2) is 8.32 Å². The second-order valence-corrected chi connectivity index (χ2v) is 13.8. The fourth-order valence-corrected chi connectivity index (χ4v) is 4.27. The third-order valence-corrected chi connectivity index (χ3v) is 10.1. The highest BCUT2D eigenvalue weighted by Gasteiger charge is 2.46. The first-order valence-electron chi connectivity index (χ1n) is 8.76. The average Bonchev–Trinajstić information content (AvgIpc) is 2.89. The van der Waals surface area contributed by atoms with Gasteiger partial charge in [-0.05, 0) is 25.1 Å². The Bertz CT molecular complexity index is 814. The lowest BCUT2D eigenvalue weighted by Crippen LogP contribution is -2.46. The molecule has 0 radical (unpaired) electrons. The normalized spacial score (nSPS) is 24.3. The summed E-state index contributed by atoms with van der Waals surface area (Å²) < 4.78 is 29.4. The molecule has 1 aliphatic heterocycles. The van der Waals surface area contributed by atoms with Crippen molar-refractivity contribution < 1.29 is 23.1 Å². The number of H-pyrrole nitrogens is 1. The van der Waals surface area contributed by atoms with Crippen LogP contribution < -0.4 is 11.2 Å². The molecule has 1 aromatic rings. The topological polar surface area (TPSA) is 120 Å². The van der Waals surface area contributed by atoms with Gasteiger partial charge in [-0.2, -0.15) is 0 Å². The summed E-state index contributed by atoms with van der Waals surface area (Å²) in [5.74, 6) is 0. The molecule has 0 spiro atoms. The molecule has 4 atom stereocenters. The number of hydrogen-bond acceptors (Lipinski definition) is 6. The Hall–Kier alpha value is -1.16. The summed E-state index contributed by atoms with van der Waals surface area (Å²) in [5, 5.41) is -0.0377. The molecule has 27 heavy (non-hydrogen) atoms. The molecule has 0 aromatic carbocycles. The molecule has 2 rings (SSSR count). The van der Waals surface area contributed by atoms with E-state index in [1.54, 1.807) is 6.92 Å². The molecular formula is C16H28N2O7PSi+. The molecule has 1 saturated heterocycles. The second-order valence-electron chi connectivity index (χ2n) is 8.29. The van der Waals surface area contributed by atoms with Crippen molar-refractivity contribution in [1.29, 1.82) is 0 Å². The van der Waals surface area contributed by atoms with Crippen molar-refractivity contribution in [3.05, 3.63) is 32.6 Å². The van der Waals surface area contributed by atoms with Crippen molar-refractivity contribution in [1.82, 2.24) is 9.55 Å². The van der Waals surface area contributed by atoms with E-state index in [1.807, 2.05) is 0 Å². The van der Waals surface area contributed by atoms with Crippen LogP contribution in [0.2, 0.25) is 18.1 Å². The van der Waals surface area contributed by atoms with Gasteiger partial charge in [0.1, 0.15) is 18.9 Å². The van der Waals surface area contributed by atoms with Crippen LogP contribution in [0.3, 0.4) is 0 Å². The van der Waals surface area contributed by atoms with Crippen molar-refractivity contribution in [3.63, 3.8) is 0 Å². The van der Waals surface area contributed by atoms with Crippen LogP contribution in [0.15, 0.2) is 15.8 Å². The van der Waals surface area contributed by atoms with E-state index < -0.39 is 46.3 Å². The van der Waals surface area contributed by atoms with Gasteiger partial charge in [-0.15, -0.1) is 9.42 Å². The summed E-state index contributed by atoms with van der Waals surface area (Å²) in [6.07, 6.45) is 0.159. The Kier molecular flexibility index (Phi) is 6.61. The number of nitrogens with zero attached hydrogens (tertiary/aromatic N) is 1. The van der Waals surface area contributed by atoms with E-state index in [-0.39, 0.29) is 11.6 Å². The van der Waals surface area contributed by atoms with Gasteiger partial charge in [-0.25, -0.2) is 4.79 Å². The van der Waals surface area contributed by atoms with Crippen LogP contribution in [-0.4, -0.2) is 41.6 Å². The van der Waals surface area contributed by atoms with Crippen molar-refractivity contribution in [3.8, 4) is 0 Å². The number of rotatable bonds is 6. The SMILES string of the molecule is Cc1cn([C@H]2C[C@H](O[Si](C)(C)C(C)(C)C)[C@@H](CO[P+](=O)O)O2)c(=O)[nH]c1=O. The summed E-state index contributed by atoms with van der Waals surface area (Å²) in [7, 11) is -4.91. The number of aromatic nitrogens is 2. The molecule has 9 nitrogen and oxygen atoms in total. The number of aromatic amines is 1. The van der Waals surface area contributed by atoms with E-state index >= 15 is 0 Å². The summed E-state index contributed by atoms with van der Waals surface area (Å²) in [4.78, 5) is 35.0. The van der Waals surface area contributed by atoms with Crippen LogP contribution in [0.5, 0.6) is 0 Å². The fourth-order valence-electron chi connectivity index (χ4n) is 2.64. The molecule has 0 aliphatic carbocycles. The van der Waals surface area contributed by atoms with Crippen molar-refractivity contribution in [2.75, 3.05) is 6.61 Å². The Balaban J connectivity index is 2.29. The van der Waals surface area contributed by atoms with Crippen LogP contribution in [0.4, 0.5) is 0 Å². The number of hydrogen-bond donors (Lipinski definition) is 2. The number of nitrogens with one attached hydrogen (secondary N) is 1. The quantitative estimate of drug-likeness (QED) is 0.536. The number of aryl methyl sites for hydroxylation is 1. The maximum Gasteiger partial charge on any atom is 0.694 e. The minimum Gasteiger partial charge on any atom is -0.411 e. The minimum atomic E-state index is -2.77.